The Balaban J connectivity index is 1.96. The summed E-state index contributed by atoms with van der Waals surface area (Å²) in [6.45, 7) is 4.90. The van der Waals surface area contributed by atoms with E-state index in [2.05, 4.69) is 5.32 Å². The Morgan fingerprint density at radius 2 is 1.89 bits per heavy atom. The zero-order chi connectivity index (χ0) is 13.9. The minimum atomic E-state index is -0.694. The van der Waals surface area contributed by atoms with Crippen molar-refractivity contribution in [3.63, 3.8) is 0 Å². The van der Waals surface area contributed by atoms with E-state index in [4.69, 9.17) is 0 Å². The highest BCUT2D eigenvalue weighted by molar-refractivity contribution is 5.91. The van der Waals surface area contributed by atoms with Crippen LogP contribution in [0.25, 0.3) is 0 Å². The molecule has 2 aliphatic rings. The number of nitrogens with one attached hydrogen (secondary N) is 1. The van der Waals surface area contributed by atoms with Crippen LogP contribution in [-0.2, 0) is 9.59 Å². The summed E-state index contributed by atoms with van der Waals surface area (Å²) < 4.78 is 0. The predicted molar refractivity (Wildman–Crippen MR) is 74.6 cm³/mol. The van der Waals surface area contributed by atoms with Gasteiger partial charge in [-0.05, 0) is 32.6 Å². The molecule has 1 heterocycles. The normalized spacial score (nSPS) is 24.7. The zero-order valence-corrected chi connectivity index (χ0v) is 12.2. The number of carbonyl (C=O) groups excluding carboxylic acids is 2. The number of carbonyl (C=O) groups is 2. The molecule has 0 aromatic carbocycles. The topological polar surface area (TPSA) is 49.4 Å². The first-order chi connectivity index (χ1) is 9.01. The molecular weight excluding hydrogens is 240 g/mol. The van der Waals surface area contributed by atoms with Gasteiger partial charge in [0.25, 0.3) is 0 Å². The minimum absolute atomic E-state index is 0.0343. The number of hydrogen-bond donors (Lipinski definition) is 1. The van der Waals surface area contributed by atoms with E-state index < -0.39 is 5.54 Å². The van der Waals surface area contributed by atoms with E-state index in [0.717, 1.165) is 0 Å². The number of hydrogen-bond acceptors (Lipinski definition) is 2. The van der Waals surface area contributed by atoms with Crippen molar-refractivity contribution in [2.45, 2.75) is 64.3 Å². The standard InChI is InChI=1S/C15H26N2O2/c1-15(2)14(19)16-9-10-17(15)13(18)11-12-7-5-3-4-6-8-12/h12H,3-11H2,1-2H3,(H,16,19). The first-order valence-corrected chi connectivity index (χ1v) is 7.60. The van der Waals surface area contributed by atoms with Crippen molar-refractivity contribution in [2.75, 3.05) is 13.1 Å². The summed E-state index contributed by atoms with van der Waals surface area (Å²) in [7, 11) is 0. The van der Waals surface area contributed by atoms with Crippen LogP contribution in [0.3, 0.4) is 0 Å². The molecule has 1 saturated carbocycles. The van der Waals surface area contributed by atoms with Gasteiger partial charge in [-0.2, -0.15) is 0 Å². The van der Waals surface area contributed by atoms with Gasteiger partial charge in [0.2, 0.25) is 11.8 Å². The quantitative estimate of drug-likeness (QED) is 0.778. The number of nitrogens with zero attached hydrogens (tertiary/aromatic N) is 1. The van der Waals surface area contributed by atoms with Crippen molar-refractivity contribution >= 4 is 11.8 Å². The van der Waals surface area contributed by atoms with Crippen LogP contribution in [0.1, 0.15) is 58.8 Å². The van der Waals surface area contributed by atoms with Crippen LogP contribution in [0.4, 0.5) is 0 Å². The van der Waals surface area contributed by atoms with Gasteiger partial charge in [0, 0.05) is 19.5 Å². The fourth-order valence-corrected chi connectivity index (χ4v) is 3.26. The van der Waals surface area contributed by atoms with Gasteiger partial charge in [-0.3, -0.25) is 9.59 Å². The van der Waals surface area contributed by atoms with Gasteiger partial charge in [0.15, 0.2) is 0 Å². The second-order valence-electron chi connectivity index (χ2n) is 6.42. The molecule has 0 spiro atoms. The molecule has 108 valence electrons. The Bertz CT molecular complexity index is 344. The Labute approximate surface area is 115 Å². The zero-order valence-electron chi connectivity index (χ0n) is 12.2. The highest BCUT2D eigenvalue weighted by atomic mass is 16.2. The van der Waals surface area contributed by atoms with Crippen LogP contribution >= 0.6 is 0 Å². The molecule has 1 aliphatic heterocycles. The highest BCUT2D eigenvalue weighted by Crippen LogP contribution is 2.28. The first-order valence-electron chi connectivity index (χ1n) is 7.60. The first kappa shape index (κ1) is 14.4. The fourth-order valence-electron chi connectivity index (χ4n) is 3.26. The lowest BCUT2D eigenvalue weighted by atomic mass is 9.93. The van der Waals surface area contributed by atoms with Crippen molar-refractivity contribution in [2.24, 2.45) is 5.92 Å². The van der Waals surface area contributed by atoms with Crippen LogP contribution in [-0.4, -0.2) is 35.3 Å². The molecule has 0 atom stereocenters. The van der Waals surface area contributed by atoms with Gasteiger partial charge in [0.1, 0.15) is 5.54 Å². The highest BCUT2D eigenvalue weighted by Gasteiger charge is 2.40. The van der Waals surface area contributed by atoms with Crippen molar-refractivity contribution in [3.8, 4) is 0 Å². The minimum Gasteiger partial charge on any atom is -0.352 e. The predicted octanol–water partition coefficient (Wildman–Crippen LogP) is 2.08. The molecule has 19 heavy (non-hydrogen) atoms. The van der Waals surface area contributed by atoms with E-state index in [0.29, 0.717) is 25.4 Å². The van der Waals surface area contributed by atoms with Gasteiger partial charge in [-0.15, -0.1) is 0 Å². The Hall–Kier alpha value is -1.06. The monoisotopic (exact) mass is 266 g/mol. The van der Waals surface area contributed by atoms with Crippen molar-refractivity contribution in [1.29, 1.82) is 0 Å². The van der Waals surface area contributed by atoms with Crippen LogP contribution in [0, 0.1) is 5.92 Å². The third kappa shape index (κ3) is 3.28. The molecule has 4 heteroatoms. The lowest BCUT2D eigenvalue weighted by molar-refractivity contribution is -0.149. The molecule has 1 aliphatic carbocycles. The van der Waals surface area contributed by atoms with E-state index >= 15 is 0 Å². The van der Waals surface area contributed by atoms with E-state index in [-0.39, 0.29) is 11.8 Å². The third-order valence-electron chi connectivity index (χ3n) is 4.59. The van der Waals surface area contributed by atoms with Gasteiger partial charge < -0.3 is 10.2 Å². The van der Waals surface area contributed by atoms with E-state index in [1.54, 1.807) is 4.90 Å². The molecule has 0 aromatic heterocycles. The summed E-state index contributed by atoms with van der Waals surface area (Å²) >= 11 is 0. The Kier molecular flexibility index (Phi) is 4.48. The molecule has 2 amide bonds. The number of rotatable bonds is 2. The Morgan fingerprint density at radius 1 is 1.26 bits per heavy atom. The van der Waals surface area contributed by atoms with Crippen LogP contribution < -0.4 is 5.32 Å². The van der Waals surface area contributed by atoms with Crippen molar-refractivity contribution < 1.29 is 9.59 Å². The summed E-state index contributed by atoms with van der Waals surface area (Å²) in [6.07, 6.45) is 8.09. The van der Waals surface area contributed by atoms with Gasteiger partial charge in [-0.25, -0.2) is 0 Å². The molecule has 1 N–H and O–H groups in total. The fraction of sp³-hybridized carbons (Fsp3) is 0.867. The molecule has 0 aromatic rings. The van der Waals surface area contributed by atoms with E-state index in [9.17, 15) is 9.59 Å². The number of piperazine rings is 1. The molecular formula is C15H26N2O2. The largest absolute Gasteiger partial charge is 0.352 e. The number of amides is 2. The lowest BCUT2D eigenvalue weighted by Crippen LogP contribution is -2.63. The second kappa shape index (κ2) is 5.93. The van der Waals surface area contributed by atoms with E-state index in [1.807, 2.05) is 13.8 Å². The summed E-state index contributed by atoms with van der Waals surface area (Å²) in [4.78, 5) is 26.1. The lowest BCUT2D eigenvalue weighted by Gasteiger charge is -2.41. The van der Waals surface area contributed by atoms with Crippen LogP contribution in [0.15, 0.2) is 0 Å². The van der Waals surface area contributed by atoms with Crippen molar-refractivity contribution in [1.82, 2.24) is 10.2 Å². The average molecular weight is 266 g/mol. The summed E-state index contributed by atoms with van der Waals surface area (Å²) in [5.41, 5.74) is -0.694. The third-order valence-corrected chi connectivity index (χ3v) is 4.59. The maximum absolute atomic E-state index is 12.5. The molecule has 0 radical (unpaired) electrons. The maximum Gasteiger partial charge on any atom is 0.245 e. The summed E-state index contributed by atoms with van der Waals surface area (Å²) in [6, 6.07) is 0. The van der Waals surface area contributed by atoms with Gasteiger partial charge in [-0.1, -0.05) is 25.7 Å². The molecule has 1 saturated heterocycles. The Morgan fingerprint density at radius 3 is 2.53 bits per heavy atom. The van der Waals surface area contributed by atoms with Gasteiger partial charge in [0.05, 0.1) is 0 Å². The van der Waals surface area contributed by atoms with Crippen LogP contribution in [0.5, 0.6) is 0 Å². The maximum atomic E-state index is 12.5. The molecule has 2 fully saturated rings. The van der Waals surface area contributed by atoms with Gasteiger partial charge >= 0.3 is 0 Å². The van der Waals surface area contributed by atoms with Crippen LogP contribution in [0.2, 0.25) is 0 Å². The summed E-state index contributed by atoms with van der Waals surface area (Å²) in [5.74, 6) is 0.649. The smallest absolute Gasteiger partial charge is 0.245 e. The molecule has 4 nitrogen and oxygen atoms in total. The molecule has 0 unspecified atom stereocenters. The van der Waals surface area contributed by atoms with Crippen molar-refractivity contribution in [3.05, 3.63) is 0 Å². The SMILES string of the molecule is CC1(C)C(=O)NCCN1C(=O)CC1CCCCCC1. The second-order valence-corrected chi connectivity index (χ2v) is 6.42. The van der Waals surface area contributed by atoms with E-state index in [1.165, 1.54) is 38.5 Å². The molecule has 2 rings (SSSR count). The average Bonchev–Trinajstić information content (AvgIpc) is 2.61. The summed E-state index contributed by atoms with van der Waals surface area (Å²) in [5, 5.41) is 2.84. The molecule has 0 bridgehead atoms.